The second kappa shape index (κ2) is 6.61. The highest BCUT2D eigenvalue weighted by Gasteiger charge is 2.51. The van der Waals surface area contributed by atoms with E-state index in [4.69, 9.17) is 0 Å². The number of imidazole rings is 1. The van der Waals surface area contributed by atoms with Gasteiger partial charge < -0.3 is 9.88 Å². The van der Waals surface area contributed by atoms with Gasteiger partial charge in [0.25, 0.3) is 0 Å². The lowest BCUT2D eigenvalue weighted by atomic mass is 9.53. The van der Waals surface area contributed by atoms with Crippen LogP contribution in [0.4, 0.5) is 4.79 Å². The topological polar surface area (TPSA) is 76.0 Å². The molecular formula is C22H28N4O2. The van der Waals surface area contributed by atoms with E-state index in [0.29, 0.717) is 6.54 Å². The summed E-state index contributed by atoms with van der Waals surface area (Å²) in [5, 5.41) is 5.76. The molecule has 1 aromatic heterocycles. The molecule has 2 N–H and O–H groups in total. The van der Waals surface area contributed by atoms with E-state index < -0.39 is 0 Å². The van der Waals surface area contributed by atoms with Crippen molar-refractivity contribution in [3.8, 4) is 0 Å². The highest BCUT2D eigenvalue weighted by atomic mass is 16.2. The van der Waals surface area contributed by atoms with Gasteiger partial charge in [-0.2, -0.15) is 0 Å². The number of carbonyl (C=O) groups excluding carboxylic acids is 2. The fourth-order valence-electron chi connectivity index (χ4n) is 6.42. The van der Waals surface area contributed by atoms with Crippen molar-refractivity contribution in [2.24, 2.45) is 17.8 Å². The Labute approximate surface area is 165 Å². The molecule has 4 aliphatic carbocycles. The highest BCUT2D eigenvalue weighted by Crippen LogP contribution is 2.55. The Bertz CT molecular complexity index is 896. The lowest BCUT2D eigenvalue weighted by Crippen LogP contribution is -2.61. The maximum atomic E-state index is 12.5. The van der Waals surface area contributed by atoms with Gasteiger partial charge in [0, 0.05) is 18.5 Å². The number of carbonyl (C=O) groups is 2. The molecule has 28 heavy (non-hydrogen) atoms. The van der Waals surface area contributed by atoms with Gasteiger partial charge in [0.1, 0.15) is 5.82 Å². The van der Waals surface area contributed by atoms with Gasteiger partial charge in [-0.05, 0) is 75.3 Å². The third-order valence-electron chi connectivity index (χ3n) is 7.08. The number of hydrogen-bond donors (Lipinski definition) is 2. The first kappa shape index (κ1) is 17.7. The minimum atomic E-state index is -0.320. The molecule has 1 aromatic carbocycles. The fourth-order valence-corrected chi connectivity index (χ4v) is 6.42. The van der Waals surface area contributed by atoms with Crippen molar-refractivity contribution in [3.63, 3.8) is 0 Å². The molecule has 6 rings (SSSR count). The van der Waals surface area contributed by atoms with E-state index in [1.54, 1.807) is 0 Å². The van der Waals surface area contributed by atoms with Gasteiger partial charge >= 0.3 is 6.03 Å². The predicted octanol–water partition coefficient (Wildman–Crippen LogP) is 3.53. The quantitative estimate of drug-likeness (QED) is 0.852. The molecule has 3 amide bonds. The summed E-state index contributed by atoms with van der Waals surface area (Å²) in [6, 6.07) is 7.59. The summed E-state index contributed by atoms with van der Waals surface area (Å²) in [5.41, 5.74) is 1.88. The van der Waals surface area contributed by atoms with Crippen LogP contribution < -0.4 is 10.6 Å². The van der Waals surface area contributed by atoms with Crippen molar-refractivity contribution < 1.29 is 9.59 Å². The first-order valence-corrected chi connectivity index (χ1v) is 10.5. The van der Waals surface area contributed by atoms with E-state index in [9.17, 15) is 9.59 Å². The number of urea groups is 1. The van der Waals surface area contributed by atoms with Crippen LogP contribution in [0.1, 0.15) is 50.8 Å². The van der Waals surface area contributed by atoms with Crippen molar-refractivity contribution in [3.05, 3.63) is 30.1 Å². The number of para-hydroxylation sites is 2. The maximum Gasteiger partial charge on any atom is 0.321 e. The smallest absolute Gasteiger partial charge is 0.321 e. The number of nitrogens with one attached hydrogen (secondary N) is 2. The zero-order valence-corrected chi connectivity index (χ0v) is 16.4. The molecule has 0 radical (unpaired) electrons. The van der Waals surface area contributed by atoms with Crippen LogP contribution in [0.15, 0.2) is 24.3 Å². The van der Waals surface area contributed by atoms with Gasteiger partial charge in [0.05, 0.1) is 11.0 Å². The number of fused-ring (bicyclic) bond motifs is 1. The fraction of sp³-hybridized carbons (Fsp3) is 0.591. The molecule has 0 unspecified atom stereocenters. The van der Waals surface area contributed by atoms with Gasteiger partial charge in [0.15, 0.2) is 0 Å². The molecule has 6 nitrogen and oxygen atoms in total. The Morgan fingerprint density at radius 1 is 1.11 bits per heavy atom. The lowest BCUT2D eigenvalue weighted by Gasteiger charge is -2.56. The first-order valence-electron chi connectivity index (χ1n) is 10.5. The minimum absolute atomic E-state index is 0.0732. The Hall–Kier alpha value is -2.37. The van der Waals surface area contributed by atoms with Gasteiger partial charge in [-0.15, -0.1) is 0 Å². The molecule has 0 aliphatic heterocycles. The maximum absolute atomic E-state index is 12.5. The monoisotopic (exact) mass is 380 g/mol. The van der Waals surface area contributed by atoms with Gasteiger partial charge in [-0.3, -0.25) is 10.1 Å². The predicted molar refractivity (Wildman–Crippen MR) is 107 cm³/mol. The largest absolute Gasteiger partial charge is 0.332 e. The Kier molecular flexibility index (Phi) is 4.18. The lowest BCUT2D eigenvalue weighted by molar-refractivity contribution is -0.120. The minimum Gasteiger partial charge on any atom is -0.332 e. The number of aromatic nitrogens is 2. The summed E-state index contributed by atoms with van der Waals surface area (Å²) < 4.78 is 2.03. The van der Waals surface area contributed by atoms with Crippen LogP contribution >= 0.6 is 0 Å². The average molecular weight is 380 g/mol. The van der Waals surface area contributed by atoms with Gasteiger partial charge in [-0.25, -0.2) is 9.78 Å². The highest BCUT2D eigenvalue weighted by molar-refractivity contribution is 5.94. The summed E-state index contributed by atoms with van der Waals surface area (Å²) in [4.78, 5) is 29.4. The van der Waals surface area contributed by atoms with Gasteiger partial charge in [-0.1, -0.05) is 12.1 Å². The summed E-state index contributed by atoms with van der Waals surface area (Å²) in [5.74, 6) is 2.94. The van der Waals surface area contributed by atoms with Crippen molar-refractivity contribution >= 4 is 23.0 Å². The van der Waals surface area contributed by atoms with E-state index in [2.05, 4.69) is 15.6 Å². The molecule has 4 fully saturated rings. The first-order chi connectivity index (χ1) is 13.5. The van der Waals surface area contributed by atoms with Crippen LogP contribution in [0.25, 0.3) is 11.0 Å². The standard InChI is InChI=1S/C22H28N4O2/c1-14-23-18-4-2-3-5-19(18)26(14)7-6-20(27)24-21(28)25-22-11-15-8-16(12-22)10-17(9-15)13-22/h2-5,15-17H,6-13H2,1H3,(H2,24,25,27,28). The van der Waals surface area contributed by atoms with Crippen LogP contribution in [0.2, 0.25) is 0 Å². The average Bonchev–Trinajstić information content (AvgIpc) is 2.93. The summed E-state index contributed by atoms with van der Waals surface area (Å²) in [6.45, 7) is 2.46. The molecule has 4 saturated carbocycles. The Morgan fingerprint density at radius 3 is 2.43 bits per heavy atom. The number of benzene rings is 1. The second-order valence-electron chi connectivity index (χ2n) is 9.25. The Morgan fingerprint density at radius 2 is 1.75 bits per heavy atom. The van der Waals surface area contributed by atoms with Crippen LogP contribution in [0.3, 0.4) is 0 Å². The molecule has 1 heterocycles. The van der Waals surface area contributed by atoms with Gasteiger partial charge in [0.2, 0.25) is 5.91 Å². The SMILES string of the molecule is Cc1nc2ccccc2n1CCC(=O)NC(=O)NC12CC3CC(CC(C3)C1)C2. The molecule has 6 heteroatoms. The van der Waals surface area contributed by atoms with Crippen LogP contribution in [0.5, 0.6) is 0 Å². The zero-order chi connectivity index (χ0) is 19.3. The molecule has 148 valence electrons. The number of aryl methyl sites for hydroxylation is 2. The van der Waals surface area contributed by atoms with Crippen molar-refractivity contribution in [2.45, 2.75) is 64.0 Å². The second-order valence-corrected chi connectivity index (χ2v) is 9.25. The summed E-state index contributed by atoms with van der Waals surface area (Å²) >= 11 is 0. The molecular weight excluding hydrogens is 352 g/mol. The summed E-state index contributed by atoms with van der Waals surface area (Å²) in [6.07, 6.45) is 7.51. The number of imide groups is 1. The number of nitrogens with zero attached hydrogens (tertiary/aromatic N) is 2. The molecule has 2 aromatic rings. The van der Waals surface area contributed by atoms with Crippen molar-refractivity contribution in [2.75, 3.05) is 0 Å². The summed E-state index contributed by atoms with van der Waals surface area (Å²) in [7, 11) is 0. The zero-order valence-electron chi connectivity index (χ0n) is 16.4. The van der Waals surface area contributed by atoms with E-state index >= 15 is 0 Å². The number of hydrogen-bond acceptors (Lipinski definition) is 3. The Balaban J connectivity index is 1.18. The molecule has 0 saturated heterocycles. The number of amides is 3. The van der Waals surface area contributed by atoms with Crippen LogP contribution in [-0.2, 0) is 11.3 Å². The molecule has 0 spiro atoms. The van der Waals surface area contributed by atoms with Crippen LogP contribution in [0, 0.1) is 24.7 Å². The molecule has 4 bridgehead atoms. The third kappa shape index (κ3) is 3.19. The third-order valence-corrected chi connectivity index (χ3v) is 7.08. The molecule has 4 aliphatic rings. The number of rotatable bonds is 4. The van der Waals surface area contributed by atoms with E-state index in [-0.39, 0.29) is 23.9 Å². The van der Waals surface area contributed by atoms with E-state index in [1.165, 1.54) is 19.3 Å². The van der Waals surface area contributed by atoms with Crippen LogP contribution in [-0.4, -0.2) is 27.0 Å². The van der Waals surface area contributed by atoms with Crippen molar-refractivity contribution in [1.82, 2.24) is 20.2 Å². The normalized spacial score (nSPS) is 30.5. The van der Waals surface area contributed by atoms with Crippen molar-refractivity contribution in [1.29, 1.82) is 0 Å². The van der Waals surface area contributed by atoms with E-state index in [1.807, 2.05) is 35.8 Å². The van der Waals surface area contributed by atoms with E-state index in [0.717, 1.165) is 53.9 Å². The molecule has 0 atom stereocenters.